The Balaban J connectivity index is 2.24. The van der Waals surface area contributed by atoms with Crippen molar-refractivity contribution < 1.29 is 9.53 Å². The van der Waals surface area contributed by atoms with E-state index < -0.39 is 0 Å². The Morgan fingerprint density at radius 3 is 2.25 bits per heavy atom. The molecule has 16 heavy (non-hydrogen) atoms. The van der Waals surface area contributed by atoms with Crippen LogP contribution in [0, 0.1) is 0 Å². The van der Waals surface area contributed by atoms with Crippen LogP contribution >= 0.6 is 0 Å². The lowest BCUT2D eigenvalue weighted by Crippen LogP contribution is -2.20. The number of carbonyl (C=O) groups excluding carboxylic acids is 1. The maximum Gasteiger partial charge on any atom is 0.417 e. The molecule has 1 aromatic rings. The Morgan fingerprint density at radius 2 is 1.75 bits per heavy atom. The maximum absolute atomic E-state index is 11.5. The molecule has 1 aliphatic rings. The van der Waals surface area contributed by atoms with E-state index in [1.54, 1.807) is 19.3 Å². The first-order chi connectivity index (χ1) is 7.81. The SMILES string of the molecule is CCOC(=O)N1C=Cc2ccccc2C=C1. The first kappa shape index (κ1) is 10.5. The topological polar surface area (TPSA) is 29.5 Å². The van der Waals surface area contributed by atoms with Crippen LogP contribution in [0.2, 0.25) is 0 Å². The van der Waals surface area contributed by atoms with Crippen molar-refractivity contribution in [2.24, 2.45) is 0 Å². The summed E-state index contributed by atoms with van der Waals surface area (Å²) in [5.74, 6) is 0. The van der Waals surface area contributed by atoms with Gasteiger partial charge in [-0.15, -0.1) is 0 Å². The molecule has 0 bridgehead atoms. The molecule has 2 rings (SSSR count). The molecule has 0 aliphatic carbocycles. The van der Waals surface area contributed by atoms with Crippen molar-refractivity contribution in [3.8, 4) is 0 Å². The van der Waals surface area contributed by atoms with Gasteiger partial charge in [0.2, 0.25) is 0 Å². The molecule has 3 heteroatoms. The zero-order valence-electron chi connectivity index (χ0n) is 9.09. The third-order valence-electron chi connectivity index (χ3n) is 2.30. The average Bonchev–Trinajstić information content (AvgIpc) is 2.51. The number of rotatable bonds is 1. The van der Waals surface area contributed by atoms with Gasteiger partial charge in [0.15, 0.2) is 0 Å². The van der Waals surface area contributed by atoms with Crippen LogP contribution < -0.4 is 0 Å². The first-order valence-electron chi connectivity index (χ1n) is 5.22. The summed E-state index contributed by atoms with van der Waals surface area (Å²) in [6.45, 7) is 2.17. The van der Waals surface area contributed by atoms with E-state index in [0.29, 0.717) is 6.61 Å². The molecule has 0 N–H and O–H groups in total. The second kappa shape index (κ2) is 4.66. The molecule has 0 radical (unpaired) electrons. The van der Waals surface area contributed by atoms with Gasteiger partial charge in [-0.05, 0) is 30.2 Å². The molecule has 0 saturated carbocycles. The number of hydrogen-bond donors (Lipinski definition) is 0. The van der Waals surface area contributed by atoms with E-state index in [1.165, 1.54) is 4.90 Å². The Morgan fingerprint density at radius 1 is 1.19 bits per heavy atom. The monoisotopic (exact) mass is 215 g/mol. The molecule has 0 unspecified atom stereocenters. The lowest BCUT2D eigenvalue weighted by atomic mass is 10.1. The van der Waals surface area contributed by atoms with Gasteiger partial charge in [0.25, 0.3) is 0 Å². The quantitative estimate of drug-likeness (QED) is 0.720. The van der Waals surface area contributed by atoms with Crippen LogP contribution in [0.25, 0.3) is 12.2 Å². The predicted molar refractivity (Wildman–Crippen MR) is 63.4 cm³/mol. The highest BCUT2D eigenvalue weighted by Gasteiger charge is 2.10. The molecular weight excluding hydrogens is 202 g/mol. The fourth-order valence-electron chi connectivity index (χ4n) is 1.51. The predicted octanol–water partition coefficient (Wildman–Crippen LogP) is 3.10. The van der Waals surface area contributed by atoms with Crippen LogP contribution in [0.15, 0.2) is 36.7 Å². The summed E-state index contributed by atoms with van der Waals surface area (Å²) in [4.78, 5) is 12.9. The molecule has 0 spiro atoms. The number of ether oxygens (including phenoxy) is 1. The molecule has 3 nitrogen and oxygen atoms in total. The molecule has 1 heterocycles. The Bertz CT molecular complexity index is 416. The summed E-state index contributed by atoms with van der Waals surface area (Å²) >= 11 is 0. The van der Waals surface area contributed by atoms with Crippen LogP contribution in [0.4, 0.5) is 4.79 Å². The van der Waals surface area contributed by atoms with E-state index in [0.717, 1.165) is 11.1 Å². The van der Waals surface area contributed by atoms with Gasteiger partial charge in [-0.25, -0.2) is 4.79 Å². The van der Waals surface area contributed by atoms with Crippen LogP contribution in [-0.2, 0) is 4.74 Å². The van der Waals surface area contributed by atoms with Crippen molar-refractivity contribution >= 4 is 18.2 Å². The number of fused-ring (bicyclic) bond motifs is 1. The fourth-order valence-corrected chi connectivity index (χ4v) is 1.51. The van der Waals surface area contributed by atoms with Crippen molar-refractivity contribution in [2.45, 2.75) is 6.92 Å². The first-order valence-corrected chi connectivity index (χ1v) is 5.22. The highest BCUT2D eigenvalue weighted by atomic mass is 16.5. The smallest absolute Gasteiger partial charge is 0.417 e. The third-order valence-corrected chi connectivity index (χ3v) is 2.30. The summed E-state index contributed by atoms with van der Waals surface area (Å²) in [6, 6.07) is 7.95. The lowest BCUT2D eigenvalue weighted by molar-refractivity contribution is 0.134. The normalized spacial score (nSPS) is 13.2. The average molecular weight is 215 g/mol. The van der Waals surface area contributed by atoms with Crippen LogP contribution in [0.3, 0.4) is 0 Å². The highest BCUT2D eigenvalue weighted by molar-refractivity contribution is 5.76. The maximum atomic E-state index is 11.5. The Kier molecular flexibility index (Phi) is 3.05. The Hall–Kier alpha value is -2.03. The number of amides is 1. The summed E-state index contributed by atoms with van der Waals surface area (Å²) in [7, 11) is 0. The number of benzene rings is 1. The molecular formula is C13H13NO2. The molecule has 1 aliphatic heterocycles. The molecule has 0 atom stereocenters. The van der Waals surface area contributed by atoms with E-state index in [4.69, 9.17) is 4.74 Å². The van der Waals surface area contributed by atoms with Crippen molar-refractivity contribution in [3.63, 3.8) is 0 Å². The van der Waals surface area contributed by atoms with Crippen molar-refractivity contribution in [1.82, 2.24) is 4.90 Å². The van der Waals surface area contributed by atoms with Crippen LogP contribution in [-0.4, -0.2) is 17.6 Å². The zero-order valence-corrected chi connectivity index (χ0v) is 9.09. The van der Waals surface area contributed by atoms with E-state index in [1.807, 2.05) is 36.4 Å². The third kappa shape index (κ3) is 2.14. The van der Waals surface area contributed by atoms with Gasteiger partial charge in [-0.3, -0.25) is 4.90 Å². The number of nitrogens with zero attached hydrogens (tertiary/aromatic N) is 1. The molecule has 82 valence electrons. The standard InChI is InChI=1S/C13H13NO2/c1-2-16-13(15)14-9-7-11-5-3-4-6-12(11)8-10-14/h3-10H,2H2,1H3. The van der Waals surface area contributed by atoms with Gasteiger partial charge >= 0.3 is 6.09 Å². The Labute approximate surface area is 94.6 Å². The fraction of sp³-hybridized carbons (Fsp3) is 0.154. The van der Waals surface area contributed by atoms with Gasteiger partial charge in [0, 0.05) is 12.4 Å². The van der Waals surface area contributed by atoms with Gasteiger partial charge in [0.1, 0.15) is 0 Å². The molecule has 1 aromatic carbocycles. The molecule has 1 amide bonds. The van der Waals surface area contributed by atoms with Gasteiger partial charge in [-0.1, -0.05) is 24.3 Å². The molecule has 0 fully saturated rings. The van der Waals surface area contributed by atoms with E-state index in [2.05, 4.69) is 0 Å². The lowest BCUT2D eigenvalue weighted by Gasteiger charge is -2.11. The van der Waals surface area contributed by atoms with E-state index in [9.17, 15) is 4.79 Å². The summed E-state index contributed by atoms with van der Waals surface area (Å²) in [6.07, 6.45) is 6.85. The van der Waals surface area contributed by atoms with Gasteiger partial charge in [-0.2, -0.15) is 0 Å². The second-order valence-electron chi connectivity index (χ2n) is 3.37. The summed E-state index contributed by atoms with van der Waals surface area (Å²) in [5, 5.41) is 0. The van der Waals surface area contributed by atoms with Crippen molar-refractivity contribution in [3.05, 3.63) is 47.8 Å². The molecule has 0 aromatic heterocycles. The second-order valence-corrected chi connectivity index (χ2v) is 3.37. The minimum Gasteiger partial charge on any atom is -0.449 e. The van der Waals surface area contributed by atoms with Crippen molar-refractivity contribution in [2.75, 3.05) is 6.61 Å². The zero-order chi connectivity index (χ0) is 11.4. The van der Waals surface area contributed by atoms with Crippen LogP contribution in [0.5, 0.6) is 0 Å². The van der Waals surface area contributed by atoms with Gasteiger partial charge in [0.05, 0.1) is 6.61 Å². The largest absolute Gasteiger partial charge is 0.449 e. The van der Waals surface area contributed by atoms with Crippen molar-refractivity contribution in [1.29, 1.82) is 0 Å². The van der Waals surface area contributed by atoms with Gasteiger partial charge < -0.3 is 4.74 Å². The minimum atomic E-state index is -0.359. The molecule has 0 saturated heterocycles. The van der Waals surface area contributed by atoms with E-state index >= 15 is 0 Å². The minimum absolute atomic E-state index is 0.359. The van der Waals surface area contributed by atoms with Crippen LogP contribution in [0.1, 0.15) is 18.1 Å². The highest BCUT2D eigenvalue weighted by Crippen LogP contribution is 2.17. The van der Waals surface area contributed by atoms with E-state index in [-0.39, 0.29) is 6.09 Å². The summed E-state index contributed by atoms with van der Waals surface area (Å²) in [5.41, 5.74) is 2.18. The number of hydrogen-bond acceptors (Lipinski definition) is 2. The number of carbonyl (C=O) groups is 1. The summed E-state index contributed by atoms with van der Waals surface area (Å²) < 4.78 is 4.92.